The zero-order valence-corrected chi connectivity index (χ0v) is 17.9. The number of anilines is 3. The van der Waals surface area contributed by atoms with Gasteiger partial charge in [0, 0.05) is 38.8 Å². The molecule has 1 aromatic heterocycles. The second kappa shape index (κ2) is 8.57. The number of nitrogens with zero attached hydrogens (tertiary/aromatic N) is 5. The highest BCUT2D eigenvalue weighted by Gasteiger charge is 2.31. The molecule has 2 aromatic rings. The first kappa shape index (κ1) is 20.4. The van der Waals surface area contributed by atoms with Crippen LogP contribution in [0.2, 0.25) is 5.02 Å². The molecule has 0 saturated carbocycles. The van der Waals surface area contributed by atoms with E-state index in [0.717, 1.165) is 57.2 Å². The Labute approximate surface area is 185 Å². The number of carbonyl (C=O) groups is 1. The molecule has 2 N–H and O–H groups in total. The van der Waals surface area contributed by atoms with Crippen LogP contribution in [0, 0.1) is 5.82 Å². The lowest BCUT2D eigenvalue weighted by Crippen LogP contribution is -2.51. The molecule has 2 fully saturated rings. The van der Waals surface area contributed by atoms with E-state index in [1.807, 2.05) is 6.07 Å². The molecule has 0 radical (unpaired) electrons. The smallest absolute Gasteiger partial charge is 0.243 e. The van der Waals surface area contributed by atoms with E-state index in [0.29, 0.717) is 11.5 Å². The van der Waals surface area contributed by atoms with Crippen molar-refractivity contribution in [3.63, 3.8) is 0 Å². The van der Waals surface area contributed by atoms with Gasteiger partial charge in [0.1, 0.15) is 17.8 Å². The van der Waals surface area contributed by atoms with Gasteiger partial charge in [0.25, 0.3) is 0 Å². The number of nitrogens with one attached hydrogen (secondary N) is 2. The summed E-state index contributed by atoms with van der Waals surface area (Å²) < 4.78 is 14.2. The number of fused-ring (bicyclic) bond motifs is 1. The van der Waals surface area contributed by atoms with Gasteiger partial charge in [0.05, 0.1) is 11.6 Å². The summed E-state index contributed by atoms with van der Waals surface area (Å²) in [5.41, 5.74) is 1.60. The van der Waals surface area contributed by atoms with E-state index in [4.69, 9.17) is 11.6 Å². The fourth-order valence-electron chi connectivity index (χ4n) is 4.42. The van der Waals surface area contributed by atoms with Crippen molar-refractivity contribution in [2.75, 3.05) is 67.9 Å². The minimum absolute atomic E-state index is 0.0958. The Balaban J connectivity index is 1.33. The van der Waals surface area contributed by atoms with E-state index in [1.165, 1.54) is 12.7 Å². The molecule has 31 heavy (non-hydrogen) atoms. The molecule has 1 aromatic carbocycles. The quantitative estimate of drug-likeness (QED) is 0.730. The van der Waals surface area contributed by atoms with Crippen LogP contribution >= 0.6 is 11.6 Å². The molecule has 0 bridgehead atoms. The summed E-state index contributed by atoms with van der Waals surface area (Å²) in [6, 6.07) is 5.26. The van der Waals surface area contributed by atoms with Crippen LogP contribution in [-0.4, -0.2) is 78.0 Å². The first-order valence-electron chi connectivity index (χ1n) is 10.6. The lowest BCUT2D eigenvalue weighted by molar-refractivity contribution is -0.114. The fraction of sp³-hybridized carbons (Fsp3) is 0.476. The Morgan fingerprint density at radius 3 is 2.65 bits per heavy atom. The van der Waals surface area contributed by atoms with E-state index in [-0.39, 0.29) is 29.3 Å². The number of benzene rings is 1. The van der Waals surface area contributed by atoms with Crippen molar-refractivity contribution >= 4 is 34.8 Å². The number of hydrogen-bond acceptors (Lipinski definition) is 7. The first-order chi connectivity index (χ1) is 15.1. The SMILES string of the molecule is O=C1CNc2ncnc(N3CCN(C(CN4CCC4)c4ccc(Cl)c(F)c4)CC3)c2N1. The summed E-state index contributed by atoms with van der Waals surface area (Å²) in [5.74, 6) is 0.921. The van der Waals surface area contributed by atoms with Crippen LogP contribution < -0.4 is 15.5 Å². The molecule has 3 aliphatic rings. The monoisotopic (exact) mass is 445 g/mol. The van der Waals surface area contributed by atoms with E-state index in [2.05, 4.69) is 35.3 Å². The molecule has 1 atom stereocenters. The molecule has 4 heterocycles. The van der Waals surface area contributed by atoms with Gasteiger partial charge in [-0.25, -0.2) is 14.4 Å². The number of halogens is 2. The summed E-state index contributed by atoms with van der Waals surface area (Å²) in [7, 11) is 0. The van der Waals surface area contributed by atoms with Gasteiger partial charge in [-0.2, -0.15) is 0 Å². The predicted molar refractivity (Wildman–Crippen MR) is 118 cm³/mol. The molecule has 164 valence electrons. The second-order valence-corrected chi connectivity index (χ2v) is 8.60. The molecule has 5 rings (SSSR count). The number of hydrogen-bond donors (Lipinski definition) is 2. The van der Waals surface area contributed by atoms with Crippen molar-refractivity contribution in [3.8, 4) is 0 Å². The van der Waals surface area contributed by atoms with Gasteiger partial charge in [0.15, 0.2) is 11.6 Å². The molecule has 10 heteroatoms. The maximum atomic E-state index is 14.2. The minimum atomic E-state index is -0.373. The molecule has 0 aliphatic carbocycles. The number of aromatic nitrogens is 2. The van der Waals surface area contributed by atoms with Crippen molar-refractivity contribution in [1.82, 2.24) is 19.8 Å². The molecule has 0 spiro atoms. The zero-order valence-electron chi connectivity index (χ0n) is 17.2. The van der Waals surface area contributed by atoms with Crippen LogP contribution in [-0.2, 0) is 4.79 Å². The molecule has 1 unspecified atom stereocenters. The highest BCUT2D eigenvalue weighted by atomic mass is 35.5. The zero-order chi connectivity index (χ0) is 21.4. The molecular weight excluding hydrogens is 421 g/mol. The van der Waals surface area contributed by atoms with Gasteiger partial charge >= 0.3 is 0 Å². The largest absolute Gasteiger partial charge is 0.359 e. The fourth-order valence-corrected chi connectivity index (χ4v) is 4.54. The average Bonchev–Trinajstić information content (AvgIpc) is 2.75. The Kier molecular flexibility index (Phi) is 5.64. The third-order valence-electron chi connectivity index (χ3n) is 6.27. The van der Waals surface area contributed by atoms with Crippen molar-refractivity contribution < 1.29 is 9.18 Å². The first-order valence-corrected chi connectivity index (χ1v) is 11.0. The van der Waals surface area contributed by atoms with Crippen molar-refractivity contribution in [2.24, 2.45) is 0 Å². The Morgan fingerprint density at radius 2 is 1.94 bits per heavy atom. The summed E-state index contributed by atoms with van der Waals surface area (Å²) in [6.45, 7) is 6.40. The van der Waals surface area contributed by atoms with Crippen molar-refractivity contribution in [2.45, 2.75) is 12.5 Å². The third kappa shape index (κ3) is 4.17. The Hall–Kier alpha value is -2.49. The molecular formula is C21H25ClFN7O. The highest BCUT2D eigenvalue weighted by molar-refractivity contribution is 6.30. The van der Waals surface area contributed by atoms with Gasteiger partial charge in [-0.1, -0.05) is 17.7 Å². The van der Waals surface area contributed by atoms with Gasteiger partial charge < -0.3 is 20.4 Å². The lowest BCUT2D eigenvalue weighted by atomic mass is 10.0. The van der Waals surface area contributed by atoms with Gasteiger partial charge in [0.2, 0.25) is 5.91 Å². The van der Waals surface area contributed by atoms with Crippen molar-refractivity contribution in [1.29, 1.82) is 0 Å². The predicted octanol–water partition coefficient (Wildman–Crippen LogP) is 2.20. The summed E-state index contributed by atoms with van der Waals surface area (Å²) in [4.78, 5) is 27.5. The molecule has 3 aliphatic heterocycles. The second-order valence-electron chi connectivity index (χ2n) is 8.19. The van der Waals surface area contributed by atoms with Gasteiger partial charge in [-0.05, 0) is 37.2 Å². The number of piperazine rings is 1. The summed E-state index contributed by atoms with van der Waals surface area (Å²) in [6.07, 6.45) is 2.74. The van der Waals surface area contributed by atoms with E-state index in [1.54, 1.807) is 12.1 Å². The molecule has 2 saturated heterocycles. The number of rotatable bonds is 5. The Bertz CT molecular complexity index is 978. The third-order valence-corrected chi connectivity index (χ3v) is 6.58. The van der Waals surface area contributed by atoms with Crippen molar-refractivity contribution in [3.05, 3.63) is 40.9 Å². The standard InChI is InChI=1S/C21H25ClFN7O/c22-15-3-2-14(10-16(15)23)17(12-28-4-1-5-28)29-6-8-30(9-7-29)21-19-20(25-13-26-21)24-11-18(31)27-19/h2-3,10,13,17H,1,4-9,11-12H2,(H,27,31)(H,24,25,26). The van der Waals surface area contributed by atoms with E-state index in [9.17, 15) is 9.18 Å². The lowest BCUT2D eigenvalue weighted by Gasteiger charge is -2.43. The molecule has 1 amide bonds. The number of amides is 1. The van der Waals surface area contributed by atoms with E-state index < -0.39 is 0 Å². The maximum absolute atomic E-state index is 14.2. The van der Waals surface area contributed by atoms with Gasteiger partial charge in [-0.15, -0.1) is 0 Å². The van der Waals surface area contributed by atoms with Crippen LogP contribution in [0.15, 0.2) is 24.5 Å². The normalized spacial score (nSPS) is 20.5. The van der Waals surface area contributed by atoms with Crippen LogP contribution in [0.3, 0.4) is 0 Å². The topological polar surface area (TPSA) is 76.6 Å². The number of carbonyl (C=O) groups excluding carboxylic acids is 1. The van der Waals surface area contributed by atoms with E-state index >= 15 is 0 Å². The highest BCUT2D eigenvalue weighted by Crippen LogP contribution is 2.33. The summed E-state index contributed by atoms with van der Waals surface area (Å²) >= 11 is 5.92. The number of likely N-dealkylation sites (tertiary alicyclic amines) is 1. The Morgan fingerprint density at radius 1 is 1.13 bits per heavy atom. The van der Waals surface area contributed by atoms with Crippen LogP contribution in [0.4, 0.5) is 21.7 Å². The minimum Gasteiger partial charge on any atom is -0.359 e. The molecule has 8 nitrogen and oxygen atoms in total. The van der Waals surface area contributed by atoms with Crippen LogP contribution in [0.5, 0.6) is 0 Å². The average molecular weight is 446 g/mol. The maximum Gasteiger partial charge on any atom is 0.243 e. The van der Waals surface area contributed by atoms with Crippen LogP contribution in [0.25, 0.3) is 0 Å². The van der Waals surface area contributed by atoms with Gasteiger partial charge in [-0.3, -0.25) is 9.69 Å². The van der Waals surface area contributed by atoms with Crippen LogP contribution in [0.1, 0.15) is 18.0 Å². The summed E-state index contributed by atoms with van der Waals surface area (Å²) in [5, 5.41) is 6.08.